The molecule has 6 rings (SSSR count). The molecule has 1 N–H and O–H groups in total. The van der Waals surface area contributed by atoms with Crippen LogP contribution in [0.15, 0.2) is 60.7 Å². The number of halogens is 2. The minimum Gasteiger partial charge on any atom is -0.507 e. The summed E-state index contributed by atoms with van der Waals surface area (Å²) < 4.78 is 0.988. The summed E-state index contributed by atoms with van der Waals surface area (Å²) in [5.41, 5.74) is 7.06. The number of phenols is 1. The smallest absolute Gasteiger partial charge is 0.124 e. The number of hydrogen-bond donors (Lipinski definition) is 1. The lowest BCUT2D eigenvalue weighted by Crippen LogP contribution is -2.45. The molecule has 0 bridgehead atoms. The largest absolute Gasteiger partial charge is 0.507 e. The Morgan fingerprint density at radius 3 is 1.44 bits per heavy atom. The van der Waals surface area contributed by atoms with E-state index in [1.54, 1.807) is 20.7 Å². The molecule has 45 heavy (non-hydrogen) atoms. The Labute approximate surface area is 289 Å². The molecule has 238 valence electrons. The van der Waals surface area contributed by atoms with Crippen LogP contribution in [0.4, 0.5) is 0 Å². The summed E-state index contributed by atoms with van der Waals surface area (Å²) in [6.45, 7) is 13.4. The third kappa shape index (κ3) is 8.55. The Balaban J connectivity index is 1.14. The fourth-order valence-electron chi connectivity index (χ4n) is 6.32. The molecule has 2 aliphatic heterocycles. The van der Waals surface area contributed by atoms with Crippen molar-refractivity contribution in [2.24, 2.45) is 0 Å². The molecule has 0 amide bonds. The summed E-state index contributed by atoms with van der Waals surface area (Å²) in [5, 5.41) is 13.2. The van der Waals surface area contributed by atoms with Crippen LogP contribution >= 0.6 is 56.1 Å². The van der Waals surface area contributed by atoms with Gasteiger partial charge in [-0.15, -0.1) is 0 Å². The second-order valence-electron chi connectivity index (χ2n) is 12.1. The van der Waals surface area contributed by atoms with Crippen LogP contribution in [-0.4, -0.2) is 77.1 Å². The minimum absolute atomic E-state index is 0.447. The average molecular weight is 700 g/mol. The fourth-order valence-corrected chi connectivity index (χ4v) is 9.69. The van der Waals surface area contributed by atoms with Crippen molar-refractivity contribution in [1.29, 1.82) is 0 Å². The van der Waals surface area contributed by atoms with Gasteiger partial charge < -0.3 is 5.11 Å². The van der Waals surface area contributed by atoms with Gasteiger partial charge in [0.2, 0.25) is 0 Å². The molecule has 4 aromatic rings. The predicted molar refractivity (Wildman–Crippen MR) is 194 cm³/mol. The summed E-state index contributed by atoms with van der Waals surface area (Å²) in [6.07, 6.45) is 0.921. The van der Waals surface area contributed by atoms with Crippen LogP contribution in [0.5, 0.6) is 5.75 Å². The molecule has 2 aliphatic rings. The zero-order chi connectivity index (χ0) is 31.3. The van der Waals surface area contributed by atoms with Gasteiger partial charge in [-0.1, -0.05) is 87.3 Å². The van der Waals surface area contributed by atoms with Crippen LogP contribution in [0, 0.1) is 3.82 Å². The molecule has 0 radical (unpaired) electrons. The molecule has 2 fully saturated rings. The third-order valence-corrected chi connectivity index (χ3v) is 12.7. The van der Waals surface area contributed by atoms with Crippen LogP contribution in [0.25, 0.3) is 10.4 Å². The van der Waals surface area contributed by atoms with Crippen molar-refractivity contribution in [1.82, 2.24) is 19.6 Å². The zero-order valence-electron chi connectivity index (χ0n) is 25.7. The maximum atomic E-state index is 11.7. The Morgan fingerprint density at radius 2 is 1.04 bits per heavy atom. The first-order valence-corrected chi connectivity index (χ1v) is 19.0. The van der Waals surface area contributed by atoms with Crippen molar-refractivity contribution >= 4 is 56.1 Å². The summed E-state index contributed by atoms with van der Waals surface area (Å²) in [5.74, 6) is 0.447. The molecule has 0 unspecified atom stereocenters. The maximum Gasteiger partial charge on any atom is 0.124 e. The fraction of sp³-hybridized carbons (Fsp3) is 0.400. The van der Waals surface area contributed by atoms with E-state index >= 15 is 0 Å². The second-order valence-corrected chi connectivity index (χ2v) is 15.8. The highest BCUT2D eigenvalue weighted by atomic mass is 35.5. The van der Waals surface area contributed by atoms with Gasteiger partial charge in [0.25, 0.3) is 0 Å². The van der Waals surface area contributed by atoms with Crippen molar-refractivity contribution in [2.45, 2.75) is 39.5 Å². The van der Waals surface area contributed by atoms with Crippen molar-refractivity contribution in [3.63, 3.8) is 0 Å². The van der Waals surface area contributed by atoms with Gasteiger partial charge in [0, 0.05) is 99.7 Å². The lowest BCUT2D eigenvalue weighted by Gasteiger charge is -2.36. The van der Waals surface area contributed by atoms with Crippen molar-refractivity contribution in [2.75, 3.05) is 52.4 Å². The van der Waals surface area contributed by atoms with E-state index in [4.69, 9.17) is 35.4 Å². The molecular weight excluding hydrogens is 660 g/mol. The molecule has 2 saturated heterocycles. The van der Waals surface area contributed by atoms with E-state index in [1.807, 2.05) is 24.3 Å². The Kier molecular flexibility index (Phi) is 11.3. The van der Waals surface area contributed by atoms with Crippen LogP contribution in [0.1, 0.15) is 34.7 Å². The summed E-state index contributed by atoms with van der Waals surface area (Å²) >= 11 is 17.9. The summed E-state index contributed by atoms with van der Waals surface area (Å²) in [4.78, 5) is 11.2. The van der Waals surface area contributed by atoms with Crippen LogP contribution in [0.3, 0.4) is 0 Å². The normalized spacial score (nSPS) is 17.2. The average Bonchev–Trinajstić information content (AvgIpc) is 3.43. The zero-order valence-corrected chi connectivity index (χ0v) is 29.6. The first-order valence-electron chi connectivity index (χ1n) is 15.7. The van der Waals surface area contributed by atoms with Crippen molar-refractivity contribution in [3.05, 3.63) is 102 Å². The Hall–Kier alpha value is -1.85. The van der Waals surface area contributed by atoms with Crippen LogP contribution in [0.2, 0.25) is 10.0 Å². The number of phenolic OH excluding ortho intramolecular Hbond substituents is 1. The molecule has 3 heterocycles. The molecule has 0 atom stereocenters. The number of piperazine rings is 2. The standard InChI is InChI=1S/C35H40Cl2N4OS3/c1-2-32-34(44-45-35(32)43)27-19-28(23-40-15-11-38(12-16-40)21-25-3-7-30(36)8-4-25)33(42)29(20-27)24-41-17-13-39(14-18-41)22-26-5-9-31(37)10-6-26/h3-10,19-20,42H,2,11-18,21-24H2,1H3. The van der Waals surface area contributed by atoms with E-state index in [2.05, 4.69) is 62.9 Å². The van der Waals surface area contributed by atoms with Gasteiger partial charge in [-0.3, -0.25) is 19.6 Å². The van der Waals surface area contributed by atoms with Gasteiger partial charge >= 0.3 is 0 Å². The summed E-state index contributed by atoms with van der Waals surface area (Å²) in [7, 11) is 3.46. The predicted octanol–water partition coefficient (Wildman–Crippen LogP) is 8.42. The Morgan fingerprint density at radius 1 is 0.644 bits per heavy atom. The van der Waals surface area contributed by atoms with E-state index in [0.29, 0.717) is 5.75 Å². The topological polar surface area (TPSA) is 33.2 Å². The van der Waals surface area contributed by atoms with Crippen LogP contribution < -0.4 is 0 Å². The quantitative estimate of drug-likeness (QED) is 0.132. The number of nitrogens with zero attached hydrogens (tertiary/aromatic N) is 4. The molecule has 0 spiro atoms. The van der Waals surface area contributed by atoms with Crippen molar-refractivity contribution < 1.29 is 5.11 Å². The van der Waals surface area contributed by atoms with E-state index in [1.165, 1.54) is 27.1 Å². The maximum absolute atomic E-state index is 11.7. The molecular formula is C35H40Cl2N4OS3. The monoisotopic (exact) mass is 698 g/mol. The van der Waals surface area contributed by atoms with Gasteiger partial charge in [-0.25, -0.2) is 0 Å². The number of rotatable bonds is 10. The van der Waals surface area contributed by atoms with Crippen LogP contribution in [-0.2, 0) is 32.6 Å². The number of hydrogen-bond acceptors (Lipinski definition) is 8. The van der Waals surface area contributed by atoms with E-state index in [-0.39, 0.29) is 0 Å². The highest BCUT2D eigenvalue weighted by Gasteiger charge is 2.23. The lowest BCUT2D eigenvalue weighted by molar-refractivity contribution is 0.119. The highest BCUT2D eigenvalue weighted by molar-refractivity contribution is 7.80. The van der Waals surface area contributed by atoms with Gasteiger partial charge in [-0.2, -0.15) is 0 Å². The SMILES string of the molecule is CCc1c(-c2cc(CN3CCN(Cc4ccc(Cl)cc4)CC3)c(O)c(CN3CCN(Cc4ccc(Cl)cc4)CC3)c2)ssc1=S. The minimum atomic E-state index is 0.447. The van der Waals surface area contributed by atoms with E-state index < -0.39 is 0 Å². The van der Waals surface area contributed by atoms with Gasteiger partial charge in [0.1, 0.15) is 9.57 Å². The summed E-state index contributed by atoms with van der Waals surface area (Å²) in [6, 6.07) is 20.8. The molecule has 10 heteroatoms. The molecule has 3 aromatic carbocycles. The molecule has 0 aliphatic carbocycles. The van der Waals surface area contributed by atoms with E-state index in [0.717, 1.165) is 110 Å². The highest BCUT2D eigenvalue weighted by Crippen LogP contribution is 2.39. The second kappa shape index (κ2) is 15.4. The number of aromatic hydroxyl groups is 1. The first kappa shape index (κ1) is 33.1. The van der Waals surface area contributed by atoms with E-state index in [9.17, 15) is 5.11 Å². The van der Waals surface area contributed by atoms with Gasteiger partial charge in [-0.05, 0) is 65.1 Å². The first-order chi connectivity index (χ1) is 21.8. The third-order valence-electron chi connectivity index (χ3n) is 8.96. The van der Waals surface area contributed by atoms with Crippen molar-refractivity contribution in [3.8, 4) is 16.2 Å². The number of benzene rings is 3. The van der Waals surface area contributed by atoms with Gasteiger partial charge in [0.05, 0.1) is 4.88 Å². The molecule has 5 nitrogen and oxygen atoms in total. The lowest BCUT2D eigenvalue weighted by atomic mass is 9.99. The van der Waals surface area contributed by atoms with Gasteiger partial charge in [0.15, 0.2) is 0 Å². The Bertz CT molecular complexity index is 1530. The molecule has 1 aromatic heterocycles. The molecule has 0 saturated carbocycles.